The van der Waals surface area contributed by atoms with Gasteiger partial charge in [-0.1, -0.05) is 11.8 Å². The van der Waals surface area contributed by atoms with Crippen LogP contribution in [0.5, 0.6) is 0 Å². The summed E-state index contributed by atoms with van der Waals surface area (Å²) in [4.78, 5) is 11.4. The van der Waals surface area contributed by atoms with E-state index in [0.717, 1.165) is 12.8 Å². The number of ketones is 1. The second-order valence-electron chi connectivity index (χ2n) is 4.81. The van der Waals surface area contributed by atoms with E-state index in [4.69, 9.17) is 5.73 Å². The van der Waals surface area contributed by atoms with Crippen molar-refractivity contribution in [3.05, 3.63) is 0 Å². The highest BCUT2D eigenvalue weighted by atomic mass is 16.1. The Kier molecular flexibility index (Phi) is 2.49. The first-order valence-corrected chi connectivity index (χ1v) is 4.66. The molecule has 2 N–H and O–H groups in total. The number of carbonyl (C=O) groups excluding carboxylic acids is 1. The maximum atomic E-state index is 11.4. The van der Waals surface area contributed by atoms with Crippen LogP contribution in [0.1, 0.15) is 40.0 Å². The third-order valence-corrected chi connectivity index (χ3v) is 2.06. The molecule has 1 fully saturated rings. The lowest BCUT2D eigenvalue weighted by atomic mass is 9.97. The maximum Gasteiger partial charge on any atom is 0.164 e. The van der Waals surface area contributed by atoms with Crippen molar-refractivity contribution in [2.24, 2.45) is 11.1 Å². The summed E-state index contributed by atoms with van der Waals surface area (Å²) in [7, 11) is 0. The van der Waals surface area contributed by atoms with Crippen molar-refractivity contribution in [1.29, 1.82) is 0 Å². The van der Waals surface area contributed by atoms with E-state index in [1.54, 1.807) is 0 Å². The lowest BCUT2D eigenvalue weighted by Crippen LogP contribution is -2.32. The van der Waals surface area contributed by atoms with Gasteiger partial charge in [-0.15, -0.1) is 0 Å². The fourth-order valence-corrected chi connectivity index (χ4v) is 0.979. The highest BCUT2D eigenvalue weighted by molar-refractivity contribution is 5.92. The third-order valence-electron chi connectivity index (χ3n) is 2.06. The zero-order valence-corrected chi connectivity index (χ0v) is 8.61. The van der Waals surface area contributed by atoms with E-state index in [9.17, 15) is 4.79 Å². The van der Waals surface area contributed by atoms with Crippen LogP contribution < -0.4 is 5.73 Å². The predicted molar refractivity (Wildman–Crippen MR) is 53.0 cm³/mol. The van der Waals surface area contributed by atoms with Crippen molar-refractivity contribution in [3.8, 4) is 11.8 Å². The monoisotopic (exact) mass is 179 g/mol. The molecule has 0 unspecified atom stereocenters. The minimum absolute atomic E-state index is 0.0222. The Bertz CT molecular complexity index is 271. The minimum atomic E-state index is -0.507. The zero-order valence-electron chi connectivity index (χ0n) is 8.61. The minimum Gasteiger partial charge on any atom is -0.319 e. The molecular weight excluding hydrogens is 162 g/mol. The molecule has 1 rings (SSSR count). The van der Waals surface area contributed by atoms with Crippen molar-refractivity contribution in [2.45, 2.75) is 45.6 Å². The fourth-order valence-electron chi connectivity index (χ4n) is 0.979. The summed E-state index contributed by atoms with van der Waals surface area (Å²) in [5.41, 5.74) is 5.19. The van der Waals surface area contributed by atoms with Gasteiger partial charge >= 0.3 is 0 Å². The van der Waals surface area contributed by atoms with Crippen LogP contribution in [0.2, 0.25) is 0 Å². The average Bonchev–Trinajstić information content (AvgIpc) is 2.66. The summed E-state index contributed by atoms with van der Waals surface area (Å²) >= 11 is 0. The molecule has 2 heteroatoms. The van der Waals surface area contributed by atoms with Gasteiger partial charge in [-0.05, 0) is 33.6 Å². The topological polar surface area (TPSA) is 43.1 Å². The van der Waals surface area contributed by atoms with Crippen molar-refractivity contribution in [1.82, 2.24) is 0 Å². The van der Waals surface area contributed by atoms with Gasteiger partial charge in [-0.3, -0.25) is 4.79 Å². The molecule has 0 amide bonds. The van der Waals surface area contributed by atoms with E-state index < -0.39 is 5.54 Å². The molecule has 0 bridgehead atoms. The number of carbonyl (C=O) groups is 1. The highest BCUT2D eigenvalue weighted by Crippen LogP contribution is 2.33. The van der Waals surface area contributed by atoms with E-state index in [-0.39, 0.29) is 11.2 Å². The molecule has 0 radical (unpaired) electrons. The molecule has 0 aromatic carbocycles. The third kappa shape index (κ3) is 3.20. The number of nitrogens with two attached hydrogens (primary N) is 1. The van der Waals surface area contributed by atoms with Crippen molar-refractivity contribution >= 4 is 5.78 Å². The summed E-state index contributed by atoms with van der Waals surface area (Å²) in [6, 6.07) is 0. The van der Waals surface area contributed by atoms with Gasteiger partial charge in [0, 0.05) is 5.41 Å². The van der Waals surface area contributed by atoms with E-state index in [0.29, 0.717) is 6.42 Å². The van der Waals surface area contributed by atoms with Gasteiger partial charge in [-0.25, -0.2) is 0 Å². The number of rotatable bonds is 2. The first-order valence-electron chi connectivity index (χ1n) is 4.66. The largest absolute Gasteiger partial charge is 0.319 e. The Morgan fingerprint density at radius 3 is 2.38 bits per heavy atom. The Hall–Kier alpha value is -0.810. The summed E-state index contributed by atoms with van der Waals surface area (Å²) in [5, 5.41) is 0. The number of hydrogen-bond acceptors (Lipinski definition) is 2. The second kappa shape index (κ2) is 3.16. The molecule has 0 atom stereocenters. The quantitative estimate of drug-likeness (QED) is 0.652. The van der Waals surface area contributed by atoms with Crippen LogP contribution in [0.4, 0.5) is 0 Å². The SMILES string of the molecule is CC(C)(C)C#CCC(=O)C1(N)CC1. The number of Topliss-reactive ketones (excluding diaryl/α,β-unsaturated/α-hetero) is 1. The zero-order chi connectivity index (χ0) is 10.1. The predicted octanol–water partition coefficient (Wildman–Crippen LogP) is 1.49. The van der Waals surface area contributed by atoms with Crippen molar-refractivity contribution in [3.63, 3.8) is 0 Å². The van der Waals surface area contributed by atoms with Crippen LogP contribution in [0.15, 0.2) is 0 Å². The Morgan fingerprint density at radius 1 is 1.46 bits per heavy atom. The highest BCUT2D eigenvalue weighted by Gasteiger charge is 2.44. The summed E-state index contributed by atoms with van der Waals surface area (Å²) in [6.07, 6.45) is 1.99. The molecule has 0 spiro atoms. The van der Waals surface area contributed by atoms with Crippen LogP contribution in [0.25, 0.3) is 0 Å². The molecule has 0 aromatic heterocycles. The Labute approximate surface area is 79.9 Å². The van der Waals surface area contributed by atoms with Gasteiger partial charge in [0.05, 0.1) is 12.0 Å². The average molecular weight is 179 g/mol. The van der Waals surface area contributed by atoms with Crippen molar-refractivity contribution in [2.75, 3.05) is 0 Å². The van der Waals surface area contributed by atoms with E-state index in [1.807, 2.05) is 20.8 Å². The molecular formula is C11H17NO. The van der Waals surface area contributed by atoms with Gasteiger partial charge in [-0.2, -0.15) is 0 Å². The molecule has 1 aliphatic rings. The molecule has 13 heavy (non-hydrogen) atoms. The van der Waals surface area contributed by atoms with E-state index in [1.165, 1.54) is 0 Å². The lowest BCUT2D eigenvalue weighted by Gasteiger charge is -2.07. The van der Waals surface area contributed by atoms with Gasteiger partial charge in [0.1, 0.15) is 0 Å². The summed E-state index contributed by atoms with van der Waals surface area (Å²) in [5.74, 6) is 6.02. The second-order valence-corrected chi connectivity index (χ2v) is 4.81. The normalized spacial score (nSPS) is 18.8. The van der Waals surface area contributed by atoms with Gasteiger partial charge in [0.2, 0.25) is 0 Å². The smallest absolute Gasteiger partial charge is 0.164 e. The summed E-state index contributed by atoms with van der Waals surface area (Å²) in [6.45, 7) is 6.08. The van der Waals surface area contributed by atoms with Gasteiger partial charge < -0.3 is 5.73 Å². The molecule has 0 aromatic rings. The first-order chi connectivity index (χ1) is 5.83. The van der Waals surface area contributed by atoms with Crippen LogP contribution in [-0.2, 0) is 4.79 Å². The van der Waals surface area contributed by atoms with Gasteiger partial charge in [0.15, 0.2) is 5.78 Å². The Balaban J connectivity index is 2.41. The lowest BCUT2D eigenvalue weighted by molar-refractivity contribution is -0.120. The van der Waals surface area contributed by atoms with Crippen molar-refractivity contribution < 1.29 is 4.79 Å². The molecule has 1 aliphatic carbocycles. The van der Waals surface area contributed by atoms with Crippen LogP contribution >= 0.6 is 0 Å². The van der Waals surface area contributed by atoms with E-state index in [2.05, 4.69) is 11.8 Å². The maximum absolute atomic E-state index is 11.4. The molecule has 72 valence electrons. The number of hydrogen-bond donors (Lipinski definition) is 1. The van der Waals surface area contributed by atoms with Gasteiger partial charge in [0.25, 0.3) is 0 Å². The molecule has 0 aliphatic heterocycles. The fraction of sp³-hybridized carbons (Fsp3) is 0.727. The Morgan fingerprint density at radius 2 is 2.00 bits per heavy atom. The first kappa shape index (κ1) is 10.3. The molecule has 1 saturated carbocycles. The van der Waals surface area contributed by atoms with Crippen LogP contribution in [0.3, 0.4) is 0 Å². The van der Waals surface area contributed by atoms with Crippen LogP contribution in [-0.4, -0.2) is 11.3 Å². The molecule has 0 heterocycles. The van der Waals surface area contributed by atoms with E-state index >= 15 is 0 Å². The van der Waals surface area contributed by atoms with Crippen LogP contribution in [0, 0.1) is 17.3 Å². The standard InChI is InChI=1S/C11H17NO/c1-10(2,3)6-4-5-9(13)11(12)7-8-11/h5,7-8,12H2,1-3H3. The molecule has 0 saturated heterocycles. The summed E-state index contributed by atoms with van der Waals surface area (Å²) < 4.78 is 0. The molecule has 2 nitrogen and oxygen atoms in total.